The summed E-state index contributed by atoms with van der Waals surface area (Å²) in [5.74, 6) is 1.43. The minimum Gasteiger partial charge on any atom is -0.493 e. The Morgan fingerprint density at radius 1 is 1.10 bits per heavy atom. The van der Waals surface area contributed by atoms with Crippen LogP contribution in [0.15, 0.2) is 60.3 Å². The molecule has 0 bridgehead atoms. The Morgan fingerprint density at radius 2 is 1.90 bits per heavy atom. The van der Waals surface area contributed by atoms with Crippen LogP contribution in [-0.2, 0) is 6.42 Å². The van der Waals surface area contributed by atoms with Gasteiger partial charge >= 0.3 is 0 Å². The van der Waals surface area contributed by atoms with Crippen LogP contribution >= 0.6 is 0 Å². The molecule has 0 amide bonds. The Labute approximate surface area is 171 Å². The fourth-order valence-corrected chi connectivity index (χ4v) is 4.20. The number of hydrogen-bond donors (Lipinski definition) is 2. The number of hydrogen-bond acceptors (Lipinski definition) is 6. The highest BCUT2D eigenvalue weighted by Gasteiger charge is 2.40. The van der Waals surface area contributed by atoms with Crippen molar-refractivity contribution in [3.05, 3.63) is 71.4 Å². The normalized spacial score (nSPS) is 23.5. The molecule has 0 aliphatic carbocycles. The molecule has 2 aromatic carbocycles. The SMILES string of the molecule is COc1ccc(C2CC(CCc3ccccc3)NC3C(C#N)=CNN32)cc1OC. The zero-order valence-corrected chi connectivity index (χ0v) is 16.8. The van der Waals surface area contributed by atoms with Crippen LogP contribution in [0.4, 0.5) is 0 Å². The van der Waals surface area contributed by atoms with E-state index >= 15 is 0 Å². The summed E-state index contributed by atoms with van der Waals surface area (Å²) >= 11 is 0. The van der Waals surface area contributed by atoms with Crippen LogP contribution in [0, 0.1) is 11.3 Å². The first-order chi connectivity index (χ1) is 14.2. The van der Waals surface area contributed by atoms with E-state index in [4.69, 9.17) is 9.47 Å². The van der Waals surface area contributed by atoms with Gasteiger partial charge in [0.15, 0.2) is 11.5 Å². The molecule has 0 spiro atoms. The van der Waals surface area contributed by atoms with Gasteiger partial charge in [0.05, 0.1) is 31.9 Å². The minimum atomic E-state index is -0.132. The van der Waals surface area contributed by atoms with Gasteiger partial charge in [0, 0.05) is 12.2 Å². The Balaban J connectivity index is 1.57. The molecule has 2 aliphatic heterocycles. The monoisotopic (exact) mass is 390 g/mol. The standard InChI is InChI=1S/C23H26N4O2/c1-28-21-11-9-17(12-22(21)29-2)20-13-19(10-8-16-6-4-3-5-7-16)26-23-18(14-24)15-25-27(20)23/h3-7,9,11-12,15,19-20,23,25-26H,8,10,13H2,1-2H3. The number of benzene rings is 2. The van der Waals surface area contributed by atoms with Crippen LogP contribution in [0.25, 0.3) is 0 Å². The summed E-state index contributed by atoms with van der Waals surface area (Å²) < 4.78 is 10.9. The molecule has 6 heteroatoms. The number of nitrogens with one attached hydrogen (secondary N) is 2. The molecule has 2 heterocycles. The van der Waals surface area contributed by atoms with Crippen molar-refractivity contribution >= 4 is 0 Å². The van der Waals surface area contributed by atoms with E-state index in [1.54, 1.807) is 20.4 Å². The van der Waals surface area contributed by atoms with Crippen molar-refractivity contribution in [1.82, 2.24) is 15.8 Å². The molecule has 1 fully saturated rings. The summed E-state index contributed by atoms with van der Waals surface area (Å²) in [5.41, 5.74) is 6.46. The van der Waals surface area contributed by atoms with Crippen LogP contribution in [0.5, 0.6) is 11.5 Å². The maximum absolute atomic E-state index is 9.54. The number of hydrazine groups is 1. The van der Waals surface area contributed by atoms with E-state index in [9.17, 15) is 5.26 Å². The Morgan fingerprint density at radius 3 is 2.62 bits per heavy atom. The topological polar surface area (TPSA) is 69.5 Å². The number of aryl methyl sites for hydroxylation is 1. The first kappa shape index (κ1) is 19.3. The highest BCUT2D eigenvalue weighted by atomic mass is 16.5. The first-order valence-corrected chi connectivity index (χ1v) is 9.90. The molecule has 0 saturated carbocycles. The van der Waals surface area contributed by atoms with Crippen LogP contribution in [0.2, 0.25) is 0 Å². The molecule has 2 N–H and O–H groups in total. The highest BCUT2D eigenvalue weighted by Crippen LogP contribution is 2.38. The molecule has 6 nitrogen and oxygen atoms in total. The van der Waals surface area contributed by atoms with Crippen molar-refractivity contribution in [1.29, 1.82) is 5.26 Å². The van der Waals surface area contributed by atoms with Gasteiger partial charge in [0.2, 0.25) is 0 Å². The summed E-state index contributed by atoms with van der Waals surface area (Å²) in [5, 5.41) is 15.3. The smallest absolute Gasteiger partial charge is 0.161 e. The van der Waals surface area contributed by atoms with E-state index in [1.807, 2.05) is 18.2 Å². The van der Waals surface area contributed by atoms with Crippen molar-refractivity contribution < 1.29 is 9.47 Å². The third kappa shape index (κ3) is 3.93. The second kappa shape index (κ2) is 8.56. The van der Waals surface area contributed by atoms with Gasteiger partial charge in [-0.25, -0.2) is 0 Å². The number of ether oxygens (including phenoxy) is 2. The summed E-state index contributed by atoms with van der Waals surface area (Å²) in [6, 6.07) is 19.3. The zero-order chi connectivity index (χ0) is 20.2. The van der Waals surface area contributed by atoms with E-state index in [0.717, 1.165) is 24.8 Å². The number of nitriles is 1. The molecule has 150 valence electrons. The largest absolute Gasteiger partial charge is 0.493 e. The fraction of sp³-hybridized carbons (Fsp3) is 0.348. The number of methoxy groups -OCH3 is 2. The molecule has 4 rings (SSSR count). The fourth-order valence-electron chi connectivity index (χ4n) is 4.20. The predicted octanol–water partition coefficient (Wildman–Crippen LogP) is 3.29. The van der Waals surface area contributed by atoms with E-state index in [1.165, 1.54) is 5.56 Å². The van der Waals surface area contributed by atoms with Crippen LogP contribution in [0.3, 0.4) is 0 Å². The van der Waals surface area contributed by atoms with E-state index < -0.39 is 0 Å². The molecule has 0 radical (unpaired) electrons. The average Bonchev–Trinajstić information content (AvgIpc) is 3.20. The van der Waals surface area contributed by atoms with Crippen LogP contribution in [-0.4, -0.2) is 31.4 Å². The van der Waals surface area contributed by atoms with Gasteiger partial charge in [-0.05, 0) is 42.5 Å². The zero-order valence-electron chi connectivity index (χ0n) is 16.8. The summed E-state index contributed by atoms with van der Waals surface area (Å²) in [6.07, 6.45) is 4.61. The van der Waals surface area contributed by atoms with Gasteiger partial charge in [-0.3, -0.25) is 5.32 Å². The molecule has 0 aromatic heterocycles. The maximum atomic E-state index is 9.54. The molecule has 3 atom stereocenters. The summed E-state index contributed by atoms with van der Waals surface area (Å²) in [7, 11) is 3.29. The molecule has 2 aromatic rings. The second-order valence-electron chi connectivity index (χ2n) is 7.40. The lowest BCUT2D eigenvalue weighted by atomic mass is 9.91. The molecule has 29 heavy (non-hydrogen) atoms. The molecule has 3 unspecified atom stereocenters. The Kier molecular flexibility index (Phi) is 5.70. The quantitative estimate of drug-likeness (QED) is 0.789. The van der Waals surface area contributed by atoms with Crippen LogP contribution in [0.1, 0.15) is 30.0 Å². The van der Waals surface area contributed by atoms with Gasteiger partial charge in [-0.2, -0.15) is 10.3 Å². The third-order valence-electron chi connectivity index (χ3n) is 5.72. The van der Waals surface area contributed by atoms with E-state index in [-0.39, 0.29) is 12.2 Å². The van der Waals surface area contributed by atoms with E-state index in [0.29, 0.717) is 23.1 Å². The van der Waals surface area contributed by atoms with Crippen LogP contribution < -0.4 is 20.2 Å². The highest BCUT2D eigenvalue weighted by molar-refractivity contribution is 5.44. The van der Waals surface area contributed by atoms with Crippen molar-refractivity contribution in [2.24, 2.45) is 0 Å². The molecular formula is C23H26N4O2. The Hall–Kier alpha value is -3.01. The molecule has 2 aliphatic rings. The van der Waals surface area contributed by atoms with Crippen molar-refractivity contribution in [2.45, 2.75) is 37.5 Å². The number of fused-ring (bicyclic) bond motifs is 1. The van der Waals surface area contributed by atoms with Crippen molar-refractivity contribution in [3.8, 4) is 17.6 Å². The average molecular weight is 390 g/mol. The second-order valence-corrected chi connectivity index (χ2v) is 7.40. The minimum absolute atomic E-state index is 0.115. The van der Waals surface area contributed by atoms with Crippen molar-refractivity contribution in [2.75, 3.05) is 14.2 Å². The number of rotatable bonds is 6. The Bertz CT molecular complexity index is 922. The third-order valence-corrected chi connectivity index (χ3v) is 5.72. The van der Waals surface area contributed by atoms with Gasteiger partial charge in [0.25, 0.3) is 0 Å². The first-order valence-electron chi connectivity index (χ1n) is 9.90. The van der Waals surface area contributed by atoms with E-state index in [2.05, 4.69) is 52.2 Å². The predicted molar refractivity (Wildman–Crippen MR) is 111 cm³/mol. The number of nitrogens with zero attached hydrogens (tertiary/aromatic N) is 2. The van der Waals surface area contributed by atoms with Gasteiger partial charge in [-0.15, -0.1) is 0 Å². The molecule has 1 saturated heterocycles. The van der Waals surface area contributed by atoms with Gasteiger partial charge < -0.3 is 14.9 Å². The maximum Gasteiger partial charge on any atom is 0.161 e. The lowest BCUT2D eigenvalue weighted by Gasteiger charge is -2.42. The van der Waals surface area contributed by atoms with Crippen molar-refractivity contribution in [3.63, 3.8) is 0 Å². The van der Waals surface area contributed by atoms with Gasteiger partial charge in [0.1, 0.15) is 6.17 Å². The summed E-state index contributed by atoms with van der Waals surface area (Å²) in [6.45, 7) is 0. The lowest BCUT2D eigenvalue weighted by molar-refractivity contribution is 0.0463. The summed E-state index contributed by atoms with van der Waals surface area (Å²) in [4.78, 5) is 0. The lowest BCUT2D eigenvalue weighted by Crippen LogP contribution is -2.58. The van der Waals surface area contributed by atoms with Gasteiger partial charge in [-0.1, -0.05) is 36.4 Å². The molecular weight excluding hydrogens is 364 g/mol.